The quantitative estimate of drug-likeness (QED) is 0.816. The fourth-order valence-corrected chi connectivity index (χ4v) is 2.47. The lowest BCUT2D eigenvalue weighted by molar-refractivity contribution is -0.116. The molecule has 0 aliphatic rings. The Morgan fingerprint density at radius 1 is 1.12 bits per heavy atom. The number of rotatable bonds is 7. The van der Waals surface area contributed by atoms with Crippen LogP contribution in [-0.2, 0) is 11.3 Å². The van der Waals surface area contributed by atoms with Crippen molar-refractivity contribution >= 4 is 11.6 Å². The molecule has 0 heterocycles. The van der Waals surface area contributed by atoms with E-state index in [0.717, 1.165) is 6.54 Å². The highest BCUT2D eigenvalue weighted by atomic mass is 19.1. The molecule has 2 aromatic carbocycles. The molecule has 0 fully saturated rings. The largest absolute Gasteiger partial charge is 0.324 e. The first-order valence-corrected chi connectivity index (χ1v) is 8.27. The third-order valence-corrected chi connectivity index (χ3v) is 3.97. The van der Waals surface area contributed by atoms with Crippen LogP contribution < -0.4 is 5.32 Å². The third kappa shape index (κ3) is 5.46. The third-order valence-electron chi connectivity index (χ3n) is 3.97. The number of hydrogen-bond donors (Lipinski definition) is 1. The molecule has 2 aromatic rings. The molecule has 3 nitrogen and oxygen atoms in total. The monoisotopic (exact) mass is 328 g/mol. The average molecular weight is 328 g/mol. The van der Waals surface area contributed by atoms with Gasteiger partial charge < -0.3 is 10.2 Å². The van der Waals surface area contributed by atoms with Gasteiger partial charge in [-0.25, -0.2) is 4.39 Å². The Bertz CT molecular complexity index is 668. The molecule has 0 aliphatic carbocycles. The molecule has 128 valence electrons. The van der Waals surface area contributed by atoms with Gasteiger partial charge in [-0.1, -0.05) is 50.2 Å². The van der Waals surface area contributed by atoms with Crippen LogP contribution in [0.2, 0.25) is 0 Å². The molecule has 0 bridgehead atoms. The number of nitrogens with one attached hydrogen (secondary N) is 1. The van der Waals surface area contributed by atoms with Crippen molar-refractivity contribution in [3.8, 4) is 0 Å². The molecule has 24 heavy (non-hydrogen) atoms. The summed E-state index contributed by atoms with van der Waals surface area (Å²) in [5, 5.41) is 2.61. The van der Waals surface area contributed by atoms with Gasteiger partial charge in [-0.3, -0.25) is 4.79 Å². The van der Waals surface area contributed by atoms with Gasteiger partial charge in [0.2, 0.25) is 5.91 Å². The molecule has 0 radical (unpaired) electrons. The van der Waals surface area contributed by atoms with Crippen LogP contribution in [0.3, 0.4) is 0 Å². The summed E-state index contributed by atoms with van der Waals surface area (Å²) in [6.07, 6.45) is 0.328. The maximum atomic E-state index is 13.5. The Labute approximate surface area is 143 Å². The van der Waals surface area contributed by atoms with Gasteiger partial charge in [-0.2, -0.15) is 0 Å². The number of benzene rings is 2. The molecular formula is C20H25FN2O. The summed E-state index contributed by atoms with van der Waals surface area (Å²) < 4.78 is 13.5. The number of amides is 1. The van der Waals surface area contributed by atoms with E-state index in [9.17, 15) is 9.18 Å². The minimum absolute atomic E-state index is 0.179. The van der Waals surface area contributed by atoms with E-state index < -0.39 is 5.82 Å². The van der Waals surface area contributed by atoms with Crippen LogP contribution in [0.1, 0.15) is 37.3 Å². The summed E-state index contributed by atoms with van der Waals surface area (Å²) in [6.45, 7) is 5.75. The van der Waals surface area contributed by atoms with Crippen molar-refractivity contribution in [1.29, 1.82) is 0 Å². The van der Waals surface area contributed by atoms with E-state index in [-0.39, 0.29) is 11.6 Å². The van der Waals surface area contributed by atoms with E-state index in [1.165, 1.54) is 17.2 Å². The molecule has 0 saturated heterocycles. The number of anilines is 1. The summed E-state index contributed by atoms with van der Waals surface area (Å²) in [4.78, 5) is 14.0. The number of nitrogens with zero attached hydrogens (tertiary/aromatic N) is 1. The lowest BCUT2D eigenvalue weighted by Gasteiger charge is -2.17. The number of para-hydroxylation sites is 1. The first-order valence-electron chi connectivity index (χ1n) is 8.27. The second kappa shape index (κ2) is 8.60. The maximum absolute atomic E-state index is 13.5. The van der Waals surface area contributed by atoms with Gasteiger partial charge in [0.1, 0.15) is 5.82 Å². The minimum atomic E-state index is -0.413. The van der Waals surface area contributed by atoms with Crippen molar-refractivity contribution in [2.24, 2.45) is 0 Å². The van der Waals surface area contributed by atoms with Crippen LogP contribution in [0.15, 0.2) is 48.5 Å². The van der Waals surface area contributed by atoms with Crippen molar-refractivity contribution in [3.63, 3.8) is 0 Å². The molecule has 1 amide bonds. The molecule has 4 heteroatoms. The van der Waals surface area contributed by atoms with Crippen molar-refractivity contribution in [1.82, 2.24) is 4.90 Å². The molecular weight excluding hydrogens is 303 g/mol. The van der Waals surface area contributed by atoms with Gasteiger partial charge in [0.25, 0.3) is 0 Å². The number of halogens is 1. The Hall–Kier alpha value is -2.20. The van der Waals surface area contributed by atoms with Crippen molar-refractivity contribution < 1.29 is 9.18 Å². The second-order valence-electron chi connectivity index (χ2n) is 6.41. The highest BCUT2D eigenvalue weighted by Crippen LogP contribution is 2.16. The topological polar surface area (TPSA) is 32.3 Å². The smallest absolute Gasteiger partial charge is 0.225 e. The molecule has 2 rings (SSSR count). The Morgan fingerprint density at radius 2 is 1.79 bits per heavy atom. The van der Waals surface area contributed by atoms with E-state index in [1.807, 2.05) is 7.05 Å². The van der Waals surface area contributed by atoms with E-state index >= 15 is 0 Å². The second-order valence-corrected chi connectivity index (χ2v) is 6.41. The van der Waals surface area contributed by atoms with Crippen molar-refractivity contribution in [3.05, 3.63) is 65.5 Å². The molecule has 1 N–H and O–H groups in total. The summed E-state index contributed by atoms with van der Waals surface area (Å²) in [5.74, 6) is -0.0644. The van der Waals surface area contributed by atoms with Crippen LogP contribution >= 0.6 is 0 Å². The first-order chi connectivity index (χ1) is 11.5. The molecule has 0 aliphatic heterocycles. The van der Waals surface area contributed by atoms with Gasteiger partial charge in [0.15, 0.2) is 0 Å². The van der Waals surface area contributed by atoms with Crippen molar-refractivity contribution in [2.45, 2.75) is 32.7 Å². The standard InChI is InChI=1S/C20H25FN2O/c1-15(2)17-10-8-16(9-11-17)14-23(3)13-12-20(24)22-19-7-5-4-6-18(19)21/h4-11,15H,12-14H2,1-3H3,(H,22,24). The lowest BCUT2D eigenvalue weighted by atomic mass is 10.0. The van der Waals surface area contributed by atoms with Gasteiger partial charge >= 0.3 is 0 Å². The molecule has 0 atom stereocenters. The molecule has 0 spiro atoms. The summed E-state index contributed by atoms with van der Waals surface area (Å²) >= 11 is 0. The van der Waals surface area contributed by atoms with Crippen LogP contribution in [0.5, 0.6) is 0 Å². The van der Waals surface area contributed by atoms with Crippen LogP contribution in [0.25, 0.3) is 0 Å². The zero-order chi connectivity index (χ0) is 17.5. The van der Waals surface area contributed by atoms with Crippen LogP contribution in [0, 0.1) is 5.82 Å². The normalized spacial score (nSPS) is 11.1. The van der Waals surface area contributed by atoms with E-state index in [1.54, 1.807) is 18.2 Å². The Kier molecular flexibility index (Phi) is 6.50. The van der Waals surface area contributed by atoms with Gasteiger partial charge in [-0.05, 0) is 36.2 Å². The summed E-state index contributed by atoms with van der Waals surface area (Å²) in [7, 11) is 1.98. The summed E-state index contributed by atoms with van der Waals surface area (Å²) in [5.41, 5.74) is 2.77. The van der Waals surface area contributed by atoms with Crippen LogP contribution in [0.4, 0.5) is 10.1 Å². The van der Waals surface area contributed by atoms with Crippen molar-refractivity contribution in [2.75, 3.05) is 18.9 Å². The zero-order valence-corrected chi connectivity index (χ0v) is 14.6. The lowest BCUT2D eigenvalue weighted by Crippen LogP contribution is -2.24. The molecule has 0 saturated carbocycles. The number of carbonyl (C=O) groups is 1. The molecule has 0 unspecified atom stereocenters. The zero-order valence-electron chi connectivity index (χ0n) is 14.6. The van der Waals surface area contributed by atoms with E-state index in [4.69, 9.17) is 0 Å². The summed E-state index contributed by atoms with van der Waals surface area (Å²) in [6, 6.07) is 14.8. The number of carbonyl (C=O) groups excluding carboxylic acids is 1. The Balaban J connectivity index is 1.79. The maximum Gasteiger partial charge on any atom is 0.225 e. The predicted octanol–water partition coefficient (Wildman–Crippen LogP) is 4.41. The highest BCUT2D eigenvalue weighted by molar-refractivity contribution is 5.90. The first kappa shape index (κ1) is 18.1. The SMILES string of the molecule is CC(C)c1ccc(CN(C)CCC(=O)Nc2ccccc2F)cc1. The fraction of sp³-hybridized carbons (Fsp3) is 0.350. The van der Waals surface area contributed by atoms with Gasteiger partial charge in [0.05, 0.1) is 5.69 Å². The van der Waals surface area contributed by atoms with E-state index in [2.05, 4.69) is 48.3 Å². The van der Waals surface area contributed by atoms with E-state index in [0.29, 0.717) is 18.9 Å². The minimum Gasteiger partial charge on any atom is -0.324 e. The Morgan fingerprint density at radius 3 is 2.42 bits per heavy atom. The van der Waals surface area contributed by atoms with Gasteiger partial charge in [0, 0.05) is 19.5 Å². The average Bonchev–Trinajstić information content (AvgIpc) is 2.55. The highest BCUT2D eigenvalue weighted by Gasteiger charge is 2.08. The number of hydrogen-bond acceptors (Lipinski definition) is 2. The molecule has 0 aromatic heterocycles. The predicted molar refractivity (Wildman–Crippen MR) is 96.5 cm³/mol. The fourth-order valence-electron chi connectivity index (χ4n) is 2.47. The van der Waals surface area contributed by atoms with Gasteiger partial charge in [-0.15, -0.1) is 0 Å². The van der Waals surface area contributed by atoms with Crippen LogP contribution in [-0.4, -0.2) is 24.4 Å².